The number of aromatic nitrogens is 1. The van der Waals surface area contributed by atoms with Crippen molar-refractivity contribution in [3.63, 3.8) is 0 Å². The molecule has 4 heteroatoms. The Morgan fingerprint density at radius 3 is 2.50 bits per heavy atom. The molecule has 0 atom stereocenters. The largest absolute Gasteiger partial charge is 0.244 e. The molecule has 0 aliphatic rings. The van der Waals surface area contributed by atoms with Crippen molar-refractivity contribution >= 4 is 23.2 Å². The minimum atomic E-state index is 0.490. The number of alkyl halides is 1. The molecule has 0 aliphatic carbocycles. The van der Waals surface area contributed by atoms with E-state index in [2.05, 4.69) is 4.98 Å². The quantitative estimate of drug-likeness (QED) is 0.519. The van der Waals surface area contributed by atoms with Gasteiger partial charge < -0.3 is 0 Å². The second-order valence-corrected chi connectivity index (χ2v) is 2.50. The van der Waals surface area contributed by atoms with Gasteiger partial charge in [0.2, 0.25) is 0 Å². The molecule has 0 aromatic carbocycles. The van der Waals surface area contributed by atoms with Crippen LogP contribution in [-0.4, -0.2) is 4.98 Å². The third kappa shape index (κ3) is 4.95. The number of rotatable bonds is 1. The third-order valence-electron chi connectivity index (χ3n) is 0.943. The molecule has 1 aromatic heterocycles. The molecule has 0 unspecified atom stereocenters. The van der Waals surface area contributed by atoms with Crippen LogP contribution in [0.15, 0.2) is 18.3 Å². The third-order valence-corrected chi connectivity index (χ3v) is 1.48. The van der Waals surface area contributed by atoms with Gasteiger partial charge in [0.25, 0.3) is 0 Å². The standard InChI is InChI=1S/C6H5Cl2N.C2H3N/c7-3-5-1-2-6(8)9-4-5;1-2-3/h1-2,4H,3H2;1H3. The summed E-state index contributed by atoms with van der Waals surface area (Å²) >= 11 is 11.0. The first-order chi connectivity index (χ1) is 5.74. The number of pyridine rings is 1. The molecule has 0 saturated carbocycles. The van der Waals surface area contributed by atoms with Crippen molar-refractivity contribution in [3.8, 4) is 6.07 Å². The minimum Gasteiger partial charge on any atom is -0.244 e. The Kier molecular flexibility index (Phi) is 6.45. The molecule has 2 nitrogen and oxygen atoms in total. The summed E-state index contributed by atoms with van der Waals surface area (Å²) in [5.41, 5.74) is 0.987. The normalized spacial score (nSPS) is 7.83. The van der Waals surface area contributed by atoms with Crippen LogP contribution in [0.3, 0.4) is 0 Å². The summed E-state index contributed by atoms with van der Waals surface area (Å²) in [5, 5.41) is 7.82. The Balaban J connectivity index is 0.000000354. The second kappa shape index (κ2) is 6.90. The molecule has 1 heterocycles. The van der Waals surface area contributed by atoms with Gasteiger partial charge in [-0.3, -0.25) is 0 Å². The molecular weight excluding hydrogens is 195 g/mol. The van der Waals surface area contributed by atoms with Crippen molar-refractivity contribution in [2.75, 3.05) is 0 Å². The summed E-state index contributed by atoms with van der Waals surface area (Å²) in [6.45, 7) is 1.43. The highest BCUT2D eigenvalue weighted by atomic mass is 35.5. The summed E-state index contributed by atoms with van der Waals surface area (Å²) in [4.78, 5) is 3.83. The second-order valence-electron chi connectivity index (χ2n) is 1.85. The highest BCUT2D eigenvalue weighted by molar-refractivity contribution is 6.29. The lowest BCUT2D eigenvalue weighted by Gasteiger charge is -1.91. The van der Waals surface area contributed by atoms with Crippen molar-refractivity contribution in [2.24, 2.45) is 0 Å². The molecule has 0 bridgehead atoms. The van der Waals surface area contributed by atoms with Crippen LogP contribution in [0.5, 0.6) is 0 Å². The van der Waals surface area contributed by atoms with E-state index in [9.17, 15) is 0 Å². The van der Waals surface area contributed by atoms with E-state index < -0.39 is 0 Å². The molecule has 0 spiro atoms. The van der Waals surface area contributed by atoms with Crippen LogP contribution in [-0.2, 0) is 5.88 Å². The average molecular weight is 203 g/mol. The van der Waals surface area contributed by atoms with Crippen LogP contribution in [0.2, 0.25) is 5.15 Å². The van der Waals surface area contributed by atoms with Crippen LogP contribution in [0, 0.1) is 11.3 Å². The highest BCUT2D eigenvalue weighted by Crippen LogP contribution is 2.06. The fourth-order valence-corrected chi connectivity index (χ4v) is 0.755. The van der Waals surface area contributed by atoms with Crippen LogP contribution in [0.25, 0.3) is 0 Å². The van der Waals surface area contributed by atoms with Crippen molar-refractivity contribution in [3.05, 3.63) is 29.0 Å². The average Bonchev–Trinajstić information content (AvgIpc) is 2.07. The molecule has 0 N–H and O–H groups in total. The van der Waals surface area contributed by atoms with Crippen molar-refractivity contribution in [1.29, 1.82) is 5.26 Å². The van der Waals surface area contributed by atoms with Gasteiger partial charge in [-0.15, -0.1) is 11.6 Å². The fraction of sp³-hybridized carbons (Fsp3) is 0.250. The van der Waals surface area contributed by atoms with Gasteiger partial charge in [-0.25, -0.2) is 4.98 Å². The van der Waals surface area contributed by atoms with Gasteiger partial charge in [-0.1, -0.05) is 17.7 Å². The van der Waals surface area contributed by atoms with E-state index in [0.29, 0.717) is 11.0 Å². The van der Waals surface area contributed by atoms with Gasteiger partial charge in [0.15, 0.2) is 0 Å². The van der Waals surface area contributed by atoms with E-state index in [4.69, 9.17) is 28.5 Å². The van der Waals surface area contributed by atoms with E-state index in [1.807, 2.05) is 6.07 Å². The first-order valence-electron chi connectivity index (χ1n) is 3.21. The molecule has 1 rings (SSSR count). The lowest BCUT2D eigenvalue weighted by molar-refractivity contribution is 1.25. The number of hydrogen-bond acceptors (Lipinski definition) is 2. The fourth-order valence-electron chi connectivity index (χ4n) is 0.485. The van der Waals surface area contributed by atoms with Crippen LogP contribution >= 0.6 is 23.2 Å². The predicted molar refractivity (Wildman–Crippen MR) is 50.1 cm³/mol. The topological polar surface area (TPSA) is 36.7 Å². The molecular formula is C8H8Cl2N2. The first-order valence-corrected chi connectivity index (χ1v) is 4.13. The molecule has 0 fully saturated rings. The molecule has 0 aliphatic heterocycles. The van der Waals surface area contributed by atoms with Gasteiger partial charge in [-0.05, 0) is 11.6 Å². The van der Waals surface area contributed by atoms with Crippen LogP contribution < -0.4 is 0 Å². The first kappa shape index (κ1) is 11.2. The molecule has 1 aromatic rings. The highest BCUT2D eigenvalue weighted by Gasteiger charge is 1.88. The summed E-state index contributed by atoms with van der Waals surface area (Å²) in [5.74, 6) is 0.490. The molecule has 12 heavy (non-hydrogen) atoms. The van der Waals surface area contributed by atoms with Crippen molar-refractivity contribution in [1.82, 2.24) is 4.98 Å². The Hall–Kier alpha value is -0.780. The maximum absolute atomic E-state index is 7.32. The predicted octanol–water partition coefficient (Wildman–Crippen LogP) is 3.00. The zero-order valence-electron chi connectivity index (χ0n) is 6.59. The summed E-state index contributed by atoms with van der Waals surface area (Å²) in [6.07, 6.45) is 1.66. The van der Waals surface area contributed by atoms with Crippen LogP contribution in [0.4, 0.5) is 0 Å². The van der Waals surface area contributed by atoms with Crippen molar-refractivity contribution < 1.29 is 0 Å². The molecule has 64 valence electrons. The summed E-state index contributed by atoms with van der Waals surface area (Å²) < 4.78 is 0. The lowest BCUT2D eigenvalue weighted by atomic mass is 10.3. The van der Waals surface area contributed by atoms with E-state index in [-0.39, 0.29) is 0 Å². The Bertz CT molecular complexity index is 251. The van der Waals surface area contributed by atoms with Gasteiger partial charge >= 0.3 is 0 Å². The molecule has 0 radical (unpaired) electrons. The zero-order chi connectivity index (χ0) is 9.40. The Labute approximate surface area is 81.8 Å². The minimum absolute atomic E-state index is 0.490. The van der Waals surface area contributed by atoms with Gasteiger partial charge in [-0.2, -0.15) is 5.26 Å². The number of nitriles is 1. The molecule has 0 saturated heterocycles. The Morgan fingerprint density at radius 2 is 2.17 bits per heavy atom. The maximum atomic E-state index is 7.32. The number of halogens is 2. The van der Waals surface area contributed by atoms with E-state index in [1.54, 1.807) is 18.3 Å². The smallest absolute Gasteiger partial charge is 0.129 e. The summed E-state index contributed by atoms with van der Waals surface area (Å²) in [6, 6.07) is 5.32. The van der Waals surface area contributed by atoms with Gasteiger partial charge in [0, 0.05) is 19.0 Å². The SMILES string of the molecule is CC#N.ClCc1ccc(Cl)nc1. The maximum Gasteiger partial charge on any atom is 0.129 e. The number of hydrogen-bond donors (Lipinski definition) is 0. The van der Waals surface area contributed by atoms with Gasteiger partial charge in [0.1, 0.15) is 5.15 Å². The number of nitrogens with zero attached hydrogens (tertiary/aromatic N) is 2. The summed E-state index contributed by atoms with van der Waals surface area (Å²) in [7, 11) is 0. The van der Waals surface area contributed by atoms with Crippen LogP contribution in [0.1, 0.15) is 12.5 Å². The monoisotopic (exact) mass is 202 g/mol. The van der Waals surface area contributed by atoms with E-state index >= 15 is 0 Å². The molecule has 0 amide bonds. The van der Waals surface area contributed by atoms with Gasteiger partial charge in [0.05, 0.1) is 6.07 Å². The van der Waals surface area contributed by atoms with E-state index in [0.717, 1.165) is 5.56 Å². The van der Waals surface area contributed by atoms with E-state index in [1.165, 1.54) is 6.92 Å². The Morgan fingerprint density at radius 1 is 1.58 bits per heavy atom. The van der Waals surface area contributed by atoms with Crippen molar-refractivity contribution in [2.45, 2.75) is 12.8 Å². The lowest BCUT2D eigenvalue weighted by Crippen LogP contribution is -1.78. The zero-order valence-corrected chi connectivity index (χ0v) is 8.10.